The number of carboxylic acid groups (broad SMARTS) is 1. The number of aliphatic imine (C=N–C) groups is 2. The molecule has 0 aromatic heterocycles. The first-order valence-electron chi connectivity index (χ1n) is 17.3. The van der Waals surface area contributed by atoms with Crippen LogP contribution in [0.1, 0.15) is 64.2 Å². The van der Waals surface area contributed by atoms with Crippen LogP contribution in [0.5, 0.6) is 0 Å². The van der Waals surface area contributed by atoms with Crippen molar-refractivity contribution in [1.82, 2.24) is 26.6 Å². The van der Waals surface area contributed by atoms with Gasteiger partial charge in [-0.2, -0.15) is 12.6 Å². The lowest BCUT2D eigenvalue weighted by atomic mass is 10.0. The lowest BCUT2D eigenvalue weighted by Gasteiger charge is -2.27. The van der Waals surface area contributed by atoms with Gasteiger partial charge < -0.3 is 77.6 Å². The number of carbonyl (C=O) groups is 8. The van der Waals surface area contributed by atoms with E-state index in [1.807, 2.05) is 0 Å². The number of primary amides is 2. The SMILES string of the molecule is NCCCC[C@@H](NC(=O)[C@@H](CCCN=C(N)N)NC(=O)[C@@H](CCCN=C(N)N)NC(=O)[C@@H](CS)NC(=O)[C@@H](N)CCC(N)=O)C(=O)N[C@H](CC(N)=O)C(=O)O. The maximum Gasteiger partial charge on any atom is 0.326 e. The number of rotatable bonds is 29. The molecule has 0 saturated heterocycles. The van der Waals surface area contributed by atoms with Gasteiger partial charge in [0.05, 0.1) is 12.5 Å². The van der Waals surface area contributed by atoms with Gasteiger partial charge in [0.2, 0.25) is 41.4 Å². The van der Waals surface area contributed by atoms with Gasteiger partial charge in [0, 0.05) is 25.3 Å². The van der Waals surface area contributed by atoms with Crippen LogP contribution in [0.2, 0.25) is 0 Å². The Bertz CT molecular complexity index is 1380. The van der Waals surface area contributed by atoms with Crippen molar-refractivity contribution in [2.24, 2.45) is 55.9 Å². The molecule has 6 atom stereocenters. The standard InChI is InChI=1S/C30H57N15O9S/c31-10-2-1-5-16(26(51)44-19(28(53)54)13-22(34)47)41-24(49)17(6-3-11-39-29(35)36)42-25(50)18(7-4-12-40-30(37)38)43-27(52)20(14-55)45-23(48)15(32)8-9-21(33)46/h15-20,55H,1-14,31-32H2,(H2,33,46)(H2,34,47)(H,41,49)(H,42,50)(H,43,52)(H,44,51)(H,45,48)(H,53,54)(H4,35,36,39)(H4,37,38,40)/t15-,16+,17+,18+,19+,20+/m0/s1. The molecule has 0 saturated carbocycles. The fraction of sp³-hybridized carbons (Fsp3) is 0.667. The monoisotopic (exact) mass is 803 g/mol. The summed E-state index contributed by atoms with van der Waals surface area (Å²) in [5.41, 5.74) is 43.2. The fourth-order valence-electron chi connectivity index (χ4n) is 4.70. The molecule has 25 heteroatoms. The van der Waals surface area contributed by atoms with Crippen molar-refractivity contribution in [3.05, 3.63) is 0 Å². The van der Waals surface area contributed by atoms with Crippen LogP contribution < -0.4 is 72.5 Å². The Morgan fingerprint density at radius 2 is 0.945 bits per heavy atom. The smallest absolute Gasteiger partial charge is 0.326 e. The zero-order chi connectivity index (χ0) is 42.1. The highest BCUT2D eigenvalue weighted by atomic mass is 32.1. The van der Waals surface area contributed by atoms with Crippen molar-refractivity contribution in [3.63, 3.8) is 0 Å². The molecule has 0 fully saturated rings. The Morgan fingerprint density at radius 3 is 1.31 bits per heavy atom. The first kappa shape index (κ1) is 49.6. The Morgan fingerprint density at radius 1 is 0.545 bits per heavy atom. The Labute approximate surface area is 323 Å². The highest BCUT2D eigenvalue weighted by Crippen LogP contribution is 2.08. The van der Waals surface area contributed by atoms with Crippen LogP contribution in [0, 0.1) is 0 Å². The van der Waals surface area contributed by atoms with Gasteiger partial charge in [-0.1, -0.05) is 0 Å². The van der Waals surface area contributed by atoms with E-state index in [2.05, 4.69) is 49.2 Å². The summed E-state index contributed by atoms with van der Waals surface area (Å²) in [6.45, 7) is 0.346. The lowest BCUT2D eigenvalue weighted by molar-refractivity contribution is -0.143. The minimum atomic E-state index is -1.69. The van der Waals surface area contributed by atoms with Crippen LogP contribution >= 0.6 is 12.6 Å². The van der Waals surface area contributed by atoms with Crippen molar-refractivity contribution >= 4 is 71.9 Å². The summed E-state index contributed by atoms with van der Waals surface area (Å²) in [7, 11) is 0. The maximum atomic E-state index is 13.8. The van der Waals surface area contributed by atoms with E-state index >= 15 is 0 Å². The lowest BCUT2D eigenvalue weighted by Crippen LogP contribution is -2.59. The van der Waals surface area contributed by atoms with Crippen LogP contribution in [0.15, 0.2) is 9.98 Å². The molecule has 7 amide bonds. The summed E-state index contributed by atoms with van der Waals surface area (Å²) in [5.74, 6) is -8.19. The number of nitrogens with zero attached hydrogens (tertiary/aromatic N) is 2. The van der Waals surface area contributed by atoms with Gasteiger partial charge in [-0.25, -0.2) is 4.79 Å². The quantitative estimate of drug-likeness (QED) is 0.0145. The van der Waals surface area contributed by atoms with Crippen molar-refractivity contribution in [3.8, 4) is 0 Å². The predicted molar refractivity (Wildman–Crippen MR) is 204 cm³/mol. The Kier molecular flexibility index (Phi) is 24.5. The number of unbranched alkanes of at least 4 members (excludes halogenated alkanes) is 1. The van der Waals surface area contributed by atoms with E-state index in [1.54, 1.807) is 0 Å². The third-order valence-corrected chi connectivity index (χ3v) is 7.98. The molecule has 0 aliphatic carbocycles. The van der Waals surface area contributed by atoms with Gasteiger partial charge in [0.25, 0.3) is 0 Å². The van der Waals surface area contributed by atoms with Crippen LogP contribution in [0.25, 0.3) is 0 Å². The summed E-state index contributed by atoms with van der Waals surface area (Å²) in [4.78, 5) is 109. The van der Waals surface area contributed by atoms with E-state index in [9.17, 15) is 43.5 Å². The van der Waals surface area contributed by atoms with Crippen LogP contribution in [0.3, 0.4) is 0 Å². The first-order valence-corrected chi connectivity index (χ1v) is 17.9. The van der Waals surface area contributed by atoms with E-state index in [0.29, 0.717) is 12.8 Å². The highest BCUT2D eigenvalue weighted by Gasteiger charge is 2.32. The van der Waals surface area contributed by atoms with E-state index in [-0.39, 0.29) is 82.3 Å². The number of amides is 7. The second-order valence-electron chi connectivity index (χ2n) is 12.3. The predicted octanol–water partition coefficient (Wildman–Crippen LogP) is -6.87. The van der Waals surface area contributed by atoms with Crippen molar-refractivity contribution in [2.45, 2.75) is 100 Å². The van der Waals surface area contributed by atoms with Gasteiger partial charge in [0.1, 0.15) is 30.2 Å². The van der Waals surface area contributed by atoms with E-state index in [4.69, 9.17) is 45.9 Å². The number of guanidine groups is 2. The third kappa shape index (κ3) is 22.4. The second-order valence-corrected chi connectivity index (χ2v) is 12.7. The summed E-state index contributed by atoms with van der Waals surface area (Å²) in [5, 5.41) is 21.7. The molecular formula is C30H57N15O9S. The average molecular weight is 804 g/mol. The molecule has 0 aliphatic heterocycles. The highest BCUT2D eigenvalue weighted by molar-refractivity contribution is 7.80. The molecule has 0 rings (SSSR count). The molecule has 0 bridgehead atoms. The number of carbonyl (C=O) groups excluding carboxylic acids is 7. The van der Waals surface area contributed by atoms with E-state index < -0.39 is 90.0 Å². The van der Waals surface area contributed by atoms with E-state index in [1.165, 1.54) is 0 Å². The summed E-state index contributed by atoms with van der Waals surface area (Å²) in [6.07, 6.45) is -0.0686. The molecular weight excluding hydrogens is 746 g/mol. The second kappa shape index (κ2) is 27.2. The number of nitrogens with one attached hydrogen (secondary N) is 5. The molecule has 0 spiro atoms. The fourth-order valence-corrected chi connectivity index (χ4v) is 4.96. The summed E-state index contributed by atoms with van der Waals surface area (Å²) >= 11 is 4.12. The minimum absolute atomic E-state index is 0.00114. The summed E-state index contributed by atoms with van der Waals surface area (Å²) < 4.78 is 0. The molecule has 0 radical (unpaired) electrons. The van der Waals surface area contributed by atoms with Gasteiger partial charge >= 0.3 is 5.97 Å². The largest absolute Gasteiger partial charge is 0.480 e. The molecule has 0 unspecified atom stereocenters. The zero-order valence-electron chi connectivity index (χ0n) is 30.5. The molecule has 0 heterocycles. The van der Waals surface area contributed by atoms with Gasteiger partial charge in [0.15, 0.2) is 11.9 Å². The first-order chi connectivity index (χ1) is 25.8. The topological polar surface area (TPSA) is 450 Å². The molecule has 55 heavy (non-hydrogen) atoms. The van der Waals surface area contributed by atoms with Crippen molar-refractivity contribution in [2.75, 3.05) is 25.4 Å². The van der Waals surface area contributed by atoms with Gasteiger partial charge in [-0.15, -0.1) is 0 Å². The van der Waals surface area contributed by atoms with Gasteiger partial charge in [-0.3, -0.25) is 43.5 Å². The zero-order valence-corrected chi connectivity index (χ0v) is 31.4. The van der Waals surface area contributed by atoms with E-state index in [0.717, 1.165) is 0 Å². The average Bonchev–Trinajstić information content (AvgIpc) is 3.10. The van der Waals surface area contributed by atoms with Crippen LogP contribution in [-0.2, 0) is 38.4 Å². The molecule has 22 N–H and O–H groups in total. The Hall–Kier alpha value is -5.43. The molecule has 0 aromatic carbocycles. The molecule has 0 aromatic rings. The molecule has 312 valence electrons. The van der Waals surface area contributed by atoms with Crippen molar-refractivity contribution in [1.29, 1.82) is 0 Å². The van der Waals surface area contributed by atoms with Crippen LogP contribution in [-0.4, -0.2) is 126 Å². The normalized spacial score (nSPS) is 13.9. The molecule has 0 aliphatic rings. The number of aliphatic carboxylic acids is 1. The maximum absolute atomic E-state index is 13.8. The number of nitrogens with two attached hydrogens (primary N) is 8. The minimum Gasteiger partial charge on any atom is -0.480 e. The Balaban J connectivity index is 6.39. The number of hydrogen-bond donors (Lipinski definition) is 15. The van der Waals surface area contributed by atoms with Crippen LogP contribution in [0.4, 0.5) is 0 Å². The van der Waals surface area contributed by atoms with Gasteiger partial charge in [-0.05, 0) is 57.9 Å². The summed E-state index contributed by atoms with van der Waals surface area (Å²) in [6, 6.07) is -8.21. The third-order valence-electron chi connectivity index (χ3n) is 7.61. The number of carboxylic acids is 1. The number of thiol groups is 1. The molecule has 24 nitrogen and oxygen atoms in total. The number of hydrogen-bond acceptors (Lipinski definition) is 13. The van der Waals surface area contributed by atoms with Crippen molar-refractivity contribution < 1.29 is 43.5 Å².